The van der Waals surface area contributed by atoms with Crippen molar-refractivity contribution in [2.75, 3.05) is 20.3 Å². The molecule has 13 nitrogen and oxygen atoms in total. The van der Waals surface area contributed by atoms with Gasteiger partial charge in [-0.05, 0) is 49.7 Å². The van der Waals surface area contributed by atoms with Crippen LogP contribution in [0.2, 0.25) is 0 Å². The van der Waals surface area contributed by atoms with Gasteiger partial charge in [-0.3, -0.25) is 0 Å². The van der Waals surface area contributed by atoms with Gasteiger partial charge in [-0.2, -0.15) is 0 Å². The van der Waals surface area contributed by atoms with Crippen molar-refractivity contribution >= 4 is 11.9 Å². The van der Waals surface area contributed by atoms with Crippen LogP contribution in [0, 0.1) is 11.3 Å². The summed E-state index contributed by atoms with van der Waals surface area (Å²) in [7, 11) is 1.50. The zero-order chi connectivity index (χ0) is 31.1. The van der Waals surface area contributed by atoms with Gasteiger partial charge >= 0.3 is 11.9 Å². The van der Waals surface area contributed by atoms with E-state index in [1.807, 2.05) is 0 Å². The largest absolute Gasteiger partial charge is 0.497 e. The lowest BCUT2D eigenvalue weighted by Crippen LogP contribution is -2.80. The number of methoxy groups -OCH3 is 1. The van der Waals surface area contributed by atoms with Gasteiger partial charge in [-0.25, -0.2) is 9.59 Å². The normalized spacial score (nSPS) is 42.9. The summed E-state index contributed by atoms with van der Waals surface area (Å²) in [6.45, 7) is 1.08. The maximum atomic E-state index is 12.9. The third kappa shape index (κ3) is 4.01. The molecule has 4 saturated heterocycles. The van der Waals surface area contributed by atoms with E-state index in [1.54, 1.807) is 49.4 Å². The highest BCUT2D eigenvalue weighted by molar-refractivity contribution is 5.90. The Labute approximate surface area is 252 Å². The fourth-order valence-corrected chi connectivity index (χ4v) is 7.83. The summed E-state index contributed by atoms with van der Waals surface area (Å²) in [4.78, 5) is 25.5. The van der Waals surface area contributed by atoms with Crippen LogP contribution in [0.1, 0.15) is 40.5 Å². The number of esters is 2. The van der Waals surface area contributed by atoms with Gasteiger partial charge in [-0.15, -0.1) is 0 Å². The molecule has 0 amide bonds. The first kappa shape index (κ1) is 29.6. The van der Waals surface area contributed by atoms with Crippen LogP contribution in [0.15, 0.2) is 54.6 Å². The van der Waals surface area contributed by atoms with E-state index in [0.717, 1.165) is 0 Å². The van der Waals surface area contributed by atoms with E-state index in [1.165, 1.54) is 19.2 Å². The van der Waals surface area contributed by atoms with Gasteiger partial charge in [0.05, 0.1) is 23.7 Å². The monoisotopic (exact) mass is 614 g/mol. The molecule has 44 heavy (non-hydrogen) atoms. The van der Waals surface area contributed by atoms with E-state index in [2.05, 4.69) is 0 Å². The Morgan fingerprint density at radius 2 is 1.59 bits per heavy atom. The lowest BCUT2D eigenvalue weighted by atomic mass is 9.41. The second-order valence-electron chi connectivity index (χ2n) is 12.3. The molecule has 7 fully saturated rings. The molecule has 6 bridgehead atoms. The smallest absolute Gasteiger partial charge is 0.338 e. The summed E-state index contributed by atoms with van der Waals surface area (Å²) < 4.78 is 40.9. The molecule has 236 valence electrons. The molecule has 0 unspecified atom stereocenters. The van der Waals surface area contributed by atoms with Gasteiger partial charge in [0, 0.05) is 12.3 Å². The molecule has 13 heteroatoms. The van der Waals surface area contributed by atoms with Crippen LogP contribution >= 0.6 is 0 Å². The molecule has 0 aromatic heterocycles. The Hall–Kier alpha value is -3.14. The van der Waals surface area contributed by atoms with Crippen molar-refractivity contribution in [2.45, 2.75) is 73.8 Å². The number of ether oxygens (including phenoxy) is 7. The summed E-state index contributed by atoms with van der Waals surface area (Å²) in [5, 5.41) is 43.8. The van der Waals surface area contributed by atoms with Gasteiger partial charge < -0.3 is 53.6 Å². The fourth-order valence-electron chi connectivity index (χ4n) is 7.83. The van der Waals surface area contributed by atoms with Crippen LogP contribution in [-0.2, 0) is 28.4 Å². The summed E-state index contributed by atoms with van der Waals surface area (Å²) in [6, 6.07) is 14.7. The minimum Gasteiger partial charge on any atom is -0.497 e. The molecule has 2 aromatic rings. The lowest BCUT2D eigenvalue weighted by Gasteiger charge is -2.67. The van der Waals surface area contributed by atoms with E-state index in [9.17, 15) is 30.0 Å². The van der Waals surface area contributed by atoms with Crippen molar-refractivity contribution in [3.8, 4) is 5.75 Å². The number of hydrogen-bond acceptors (Lipinski definition) is 13. The SMILES string of the molecule is COc1ccc(C(=O)OC[C@H]2O[C@@H](O[C@]34C[C@@H]5[C@@]3(COC(=O)c3ccccc3)[C@H]3O[C@]5(O)C[C@]4(C)O3)[C@H](O)[C@@H](O)[C@@H]2O)cc1. The van der Waals surface area contributed by atoms with E-state index >= 15 is 0 Å². The van der Waals surface area contributed by atoms with Gasteiger partial charge in [-0.1, -0.05) is 18.2 Å². The highest BCUT2D eigenvalue weighted by atomic mass is 16.8. The van der Waals surface area contributed by atoms with Gasteiger partial charge in [0.15, 0.2) is 18.4 Å². The molecule has 4 heterocycles. The summed E-state index contributed by atoms with van der Waals surface area (Å²) >= 11 is 0. The highest BCUT2D eigenvalue weighted by Crippen LogP contribution is 2.81. The molecule has 3 saturated carbocycles. The standard InChI is InChI=1S/C31H34O13/c1-28-14-30(37)20-12-31(28,29(20,27(43-28)44-30)15-40-25(36)16-6-4-3-5-7-16)42-26-23(34)22(33)21(32)19(41-26)13-39-24(35)17-8-10-18(38-2)11-9-17/h3-11,19-23,26-27,32-34,37H,12-15H2,1-2H3/t19-,20-,21-,22+,23-,26+,27-,28+,29+,30-,31+/m1/s1. The average Bonchev–Trinajstić information content (AvgIpc) is 3.21. The Morgan fingerprint density at radius 3 is 2.30 bits per heavy atom. The van der Waals surface area contributed by atoms with E-state index in [4.69, 9.17) is 33.2 Å². The zero-order valence-electron chi connectivity index (χ0n) is 24.0. The van der Waals surface area contributed by atoms with Crippen molar-refractivity contribution in [1.82, 2.24) is 0 Å². The summed E-state index contributed by atoms with van der Waals surface area (Å²) in [5.41, 5.74) is -2.99. The van der Waals surface area contributed by atoms with Crippen LogP contribution < -0.4 is 4.74 Å². The molecule has 3 aliphatic carbocycles. The Balaban J connectivity index is 1.11. The molecule has 4 N–H and O–H groups in total. The van der Waals surface area contributed by atoms with Crippen LogP contribution in [0.4, 0.5) is 0 Å². The van der Waals surface area contributed by atoms with Crippen molar-refractivity contribution in [3.63, 3.8) is 0 Å². The zero-order valence-corrected chi connectivity index (χ0v) is 24.0. The maximum absolute atomic E-state index is 12.9. The van der Waals surface area contributed by atoms with Gasteiger partial charge in [0.25, 0.3) is 0 Å². The quantitative estimate of drug-likeness (QED) is 0.288. The van der Waals surface area contributed by atoms with Crippen molar-refractivity contribution in [1.29, 1.82) is 0 Å². The molecule has 4 aliphatic heterocycles. The van der Waals surface area contributed by atoms with Crippen molar-refractivity contribution < 1.29 is 63.2 Å². The number of carbonyl (C=O) groups excluding carboxylic acids is 2. The fraction of sp³-hybridized carbons (Fsp3) is 0.548. The number of carbonyl (C=O) groups is 2. The minimum atomic E-state index is -1.71. The van der Waals surface area contributed by atoms with Crippen LogP contribution in [0.3, 0.4) is 0 Å². The van der Waals surface area contributed by atoms with Crippen LogP contribution in [0.5, 0.6) is 5.75 Å². The first-order chi connectivity index (χ1) is 21.0. The van der Waals surface area contributed by atoms with E-state index in [0.29, 0.717) is 11.3 Å². The molecular formula is C31H34O13. The third-order valence-corrected chi connectivity index (χ3v) is 10.1. The number of rotatable bonds is 9. The summed E-state index contributed by atoms with van der Waals surface area (Å²) in [5.74, 6) is -2.76. The van der Waals surface area contributed by atoms with Gasteiger partial charge in [0.2, 0.25) is 0 Å². The van der Waals surface area contributed by atoms with Crippen LogP contribution in [-0.4, -0.2) is 107 Å². The Morgan fingerprint density at radius 1 is 0.909 bits per heavy atom. The highest BCUT2D eigenvalue weighted by Gasteiger charge is 2.94. The molecular weight excluding hydrogens is 580 g/mol. The Bertz CT molecular complexity index is 1440. The molecule has 7 aliphatic rings. The van der Waals surface area contributed by atoms with E-state index in [-0.39, 0.29) is 25.0 Å². The van der Waals surface area contributed by atoms with Crippen molar-refractivity contribution in [3.05, 3.63) is 65.7 Å². The second kappa shape index (κ2) is 10.2. The minimum absolute atomic E-state index is 0.0481. The molecule has 0 radical (unpaired) electrons. The molecule has 11 atom stereocenters. The first-order valence-electron chi connectivity index (χ1n) is 14.5. The lowest BCUT2D eigenvalue weighted by molar-refractivity contribution is -0.424. The number of benzene rings is 2. The number of aliphatic hydroxyl groups is 4. The molecule has 2 aromatic carbocycles. The number of hydrogen-bond donors (Lipinski definition) is 4. The van der Waals surface area contributed by atoms with Crippen molar-refractivity contribution in [2.24, 2.45) is 11.3 Å². The molecule has 0 spiro atoms. The first-order valence-corrected chi connectivity index (χ1v) is 14.5. The third-order valence-electron chi connectivity index (χ3n) is 10.1. The maximum Gasteiger partial charge on any atom is 0.338 e. The average molecular weight is 615 g/mol. The van der Waals surface area contributed by atoms with E-state index < -0.39 is 83.9 Å². The van der Waals surface area contributed by atoms with Crippen LogP contribution in [0.25, 0.3) is 0 Å². The van der Waals surface area contributed by atoms with Gasteiger partial charge in [0.1, 0.15) is 54.6 Å². The molecule has 9 rings (SSSR count). The predicted octanol–water partition coefficient (Wildman–Crippen LogP) is 0.516. The topological polar surface area (TPSA) is 180 Å². The summed E-state index contributed by atoms with van der Waals surface area (Å²) in [6.07, 6.45) is -8.48. The Kier molecular flexibility index (Phi) is 6.85. The second-order valence-corrected chi connectivity index (χ2v) is 12.3. The predicted molar refractivity (Wildman–Crippen MR) is 145 cm³/mol. The number of aliphatic hydroxyl groups excluding tert-OH is 3.